The molecule has 0 saturated carbocycles. The monoisotopic (exact) mass is 390 g/mol. The Morgan fingerprint density at radius 1 is 0.733 bits per heavy atom. The fourth-order valence-electron chi connectivity index (χ4n) is 3.61. The van der Waals surface area contributed by atoms with Crippen LogP contribution in [0.5, 0.6) is 0 Å². The first-order valence-electron chi connectivity index (χ1n) is 9.34. The zero-order valence-electron chi connectivity index (χ0n) is 15.6. The van der Waals surface area contributed by atoms with Crippen molar-refractivity contribution in [2.75, 3.05) is 0 Å². The Bertz CT molecular complexity index is 1490. The third kappa shape index (κ3) is 2.62. The molecule has 6 heterocycles. The SMILES string of the molecule is c1cc(-c2cncc3[nH]c(-c4c[nH]c5ncc(-c6cncnc6)cc45)nc23)ccn1. The normalized spacial score (nSPS) is 11.3. The second kappa shape index (κ2) is 6.56. The zero-order chi connectivity index (χ0) is 19.9. The number of aromatic amines is 2. The number of H-pyrrole nitrogens is 2. The highest BCUT2D eigenvalue weighted by Gasteiger charge is 2.15. The first kappa shape index (κ1) is 16.5. The largest absolute Gasteiger partial charge is 0.345 e. The number of hydrogen-bond donors (Lipinski definition) is 2. The van der Waals surface area contributed by atoms with E-state index in [1.807, 2.05) is 30.7 Å². The summed E-state index contributed by atoms with van der Waals surface area (Å²) < 4.78 is 0. The van der Waals surface area contributed by atoms with E-state index in [0.29, 0.717) is 0 Å². The number of nitrogens with zero attached hydrogens (tertiary/aromatic N) is 6. The summed E-state index contributed by atoms with van der Waals surface area (Å²) in [6.07, 6.45) is 15.9. The minimum Gasteiger partial charge on any atom is -0.345 e. The molecule has 30 heavy (non-hydrogen) atoms. The maximum Gasteiger partial charge on any atom is 0.140 e. The van der Waals surface area contributed by atoms with E-state index in [2.05, 4.69) is 41.0 Å². The molecule has 0 fully saturated rings. The standard InChI is InChI=1S/C22H14N8/c1-3-23-4-2-13(1)17-9-24-11-19-20(17)30-22(29-19)18-10-28-21-16(18)5-14(8-27-21)15-6-25-12-26-7-15/h1-12H,(H,27,28)(H,29,30). The highest BCUT2D eigenvalue weighted by atomic mass is 14.9. The van der Waals surface area contributed by atoms with Crippen LogP contribution in [0.1, 0.15) is 0 Å². The molecule has 6 rings (SSSR count). The van der Waals surface area contributed by atoms with Crippen molar-refractivity contribution in [3.63, 3.8) is 0 Å². The quantitative estimate of drug-likeness (QED) is 0.472. The average molecular weight is 390 g/mol. The highest BCUT2D eigenvalue weighted by Crippen LogP contribution is 2.32. The van der Waals surface area contributed by atoms with Crippen molar-refractivity contribution in [1.82, 2.24) is 39.9 Å². The van der Waals surface area contributed by atoms with Crippen LogP contribution >= 0.6 is 0 Å². The van der Waals surface area contributed by atoms with E-state index in [0.717, 1.165) is 55.7 Å². The lowest BCUT2D eigenvalue weighted by Crippen LogP contribution is -1.85. The molecule has 0 aromatic carbocycles. The number of hydrogen-bond acceptors (Lipinski definition) is 6. The number of rotatable bonds is 3. The van der Waals surface area contributed by atoms with Crippen LogP contribution < -0.4 is 0 Å². The molecular weight excluding hydrogens is 376 g/mol. The lowest BCUT2D eigenvalue weighted by Gasteiger charge is -2.01. The van der Waals surface area contributed by atoms with Gasteiger partial charge in [0.15, 0.2) is 0 Å². The van der Waals surface area contributed by atoms with Crippen molar-refractivity contribution >= 4 is 22.1 Å². The molecule has 142 valence electrons. The summed E-state index contributed by atoms with van der Waals surface area (Å²) >= 11 is 0. The summed E-state index contributed by atoms with van der Waals surface area (Å²) in [5.41, 5.74) is 7.29. The van der Waals surface area contributed by atoms with E-state index in [4.69, 9.17) is 4.98 Å². The minimum absolute atomic E-state index is 0.753. The summed E-state index contributed by atoms with van der Waals surface area (Å²) in [7, 11) is 0. The molecule has 8 heteroatoms. The van der Waals surface area contributed by atoms with Crippen LogP contribution in [-0.4, -0.2) is 39.9 Å². The maximum absolute atomic E-state index is 4.90. The van der Waals surface area contributed by atoms with Crippen molar-refractivity contribution in [1.29, 1.82) is 0 Å². The van der Waals surface area contributed by atoms with E-state index >= 15 is 0 Å². The van der Waals surface area contributed by atoms with E-state index in [-0.39, 0.29) is 0 Å². The number of imidazole rings is 1. The summed E-state index contributed by atoms with van der Waals surface area (Å²) in [6.45, 7) is 0. The molecule has 6 aromatic rings. The molecule has 0 spiro atoms. The van der Waals surface area contributed by atoms with Gasteiger partial charge in [0.25, 0.3) is 0 Å². The molecule has 6 aromatic heterocycles. The molecular formula is C22H14N8. The molecule has 0 aliphatic heterocycles. The molecule has 0 saturated heterocycles. The Morgan fingerprint density at radius 2 is 1.60 bits per heavy atom. The van der Waals surface area contributed by atoms with E-state index < -0.39 is 0 Å². The van der Waals surface area contributed by atoms with Gasteiger partial charge in [-0.1, -0.05) is 0 Å². The first-order chi connectivity index (χ1) is 14.9. The van der Waals surface area contributed by atoms with Gasteiger partial charge in [-0.05, 0) is 23.8 Å². The van der Waals surface area contributed by atoms with Gasteiger partial charge < -0.3 is 9.97 Å². The summed E-state index contributed by atoms with van der Waals surface area (Å²) in [5.74, 6) is 0.753. The maximum atomic E-state index is 4.90. The minimum atomic E-state index is 0.753. The van der Waals surface area contributed by atoms with Gasteiger partial charge in [-0.25, -0.2) is 19.9 Å². The number of pyridine rings is 3. The molecule has 0 aliphatic carbocycles. The molecule has 0 amide bonds. The van der Waals surface area contributed by atoms with Gasteiger partial charge in [0.05, 0.1) is 17.2 Å². The Hall–Kier alpha value is -4.46. The predicted molar refractivity (Wildman–Crippen MR) is 113 cm³/mol. The Kier molecular flexibility index (Phi) is 3.60. The second-order valence-corrected chi connectivity index (χ2v) is 6.85. The van der Waals surface area contributed by atoms with Crippen LogP contribution in [0.2, 0.25) is 0 Å². The molecule has 2 N–H and O–H groups in total. The molecule has 0 radical (unpaired) electrons. The summed E-state index contributed by atoms with van der Waals surface area (Å²) in [4.78, 5) is 32.7. The van der Waals surface area contributed by atoms with Crippen LogP contribution in [0.15, 0.2) is 74.1 Å². The van der Waals surface area contributed by atoms with Crippen molar-refractivity contribution < 1.29 is 0 Å². The van der Waals surface area contributed by atoms with Gasteiger partial charge in [0, 0.05) is 71.0 Å². The molecule has 8 nitrogen and oxygen atoms in total. The van der Waals surface area contributed by atoms with E-state index in [9.17, 15) is 0 Å². The summed E-state index contributed by atoms with van der Waals surface area (Å²) in [6, 6.07) is 5.98. The van der Waals surface area contributed by atoms with Gasteiger partial charge in [-0.3, -0.25) is 9.97 Å². The van der Waals surface area contributed by atoms with Gasteiger partial charge in [-0.2, -0.15) is 0 Å². The van der Waals surface area contributed by atoms with Crippen LogP contribution in [0.25, 0.3) is 55.7 Å². The van der Waals surface area contributed by atoms with Gasteiger partial charge in [-0.15, -0.1) is 0 Å². The molecule has 0 bridgehead atoms. The van der Waals surface area contributed by atoms with Crippen LogP contribution in [-0.2, 0) is 0 Å². The lowest BCUT2D eigenvalue weighted by atomic mass is 10.1. The van der Waals surface area contributed by atoms with Crippen molar-refractivity contribution in [3.05, 3.63) is 74.1 Å². The Morgan fingerprint density at radius 3 is 2.47 bits per heavy atom. The molecule has 0 atom stereocenters. The lowest BCUT2D eigenvalue weighted by molar-refractivity contribution is 1.17. The van der Waals surface area contributed by atoms with Crippen LogP contribution in [0, 0.1) is 0 Å². The fraction of sp³-hybridized carbons (Fsp3) is 0. The van der Waals surface area contributed by atoms with Gasteiger partial charge >= 0.3 is 0 Å². The smallest absolute Gasteiger partial charge is 0.140 e. The predicted octanol–water partition coefficient (Wildman–Crippen LogP) is 4.02. The number of aromatic nitrogens is 8. The third-order valence-corrected chi connectivity index (χ3v) is 5.07. The summed E-state index contributed by atoms with van der Waals surface area (Å²) in [5, 5.41) is 0.967. The van der Waals surface area contributed by atoms with Gasteiger partial charge in [0.1, 0.15) is 17.8 Å². The first-order valence-corrected chi connectivity index (χ1v) is 9.34. The van der Waals surface area contributed by atoms with Gasteiger partial charge in [0.2, 0.25) is 0 Å². The second-order valence-electron chi connectivity index (χ2n) is 6.85. The third-order valence-electron chi connectivity index (χ3n) is 5.07. The number of fused-ring (bicyclic) bond motifs is 2. The number of nitrogens with one attached hydrogen (secondary N) is 2. The van der Waals surface area contributed by atoms with E-state index in [1.54, 1.807) is 31.0 Å². The fourth-order valence-corrected chi connectivity index (χ4v) is 3.61. The Labute approximate surface area is 170 Å². The van der Waals surface area contributed by atoms with Crippen LogP contribution in [0.4, 0.5) is 0 Å². The van der Waals surface area contributed by atoms with Crippen molar-refractivity contribution in [2.45, 2.75) is 0 Å². The highest BCUT2D eigenvalue weighted by molar-refractivity contribution is 5.98. The Balaban J connectivity index is 1.52. The molecule has 0 aliphatic rings. The topological polar surface area (TPSA) is 109 Å². The van der Waals surface area contributed by atoms with E-state index in [1.165, 1.54) is 6.33 Å². The van der Waals surface area contributed by atoms with Crippen LogP contribution in [0.3, 0.4) is 0 Å². The zero-order valence-corrected chi connectivity index (χ0v) is 15.6. The average Bonchev–Trinajstić information content (AvgIpc) is 3.43. The molecule has 0 unspecified atom stereocenters. The van der Waals surface area contributed by atoms with Crippen molar-refractivity contribution in [3.8, 4) is 33.6 Å². The van der Waals surface area contributed by atoms with Crippen molar-refractivity contribution in [2.24, 2.45) is 0 Å².